The zero-order valence-electron chi connectivity index (χ0n) is 21.6. The number of nitrogens with zero attached hydrogens (tertiary/aromatic N) is 1. The first-order chi connectivity index (χ1) is 18.1. The average Bonchev–Trinajstić information content (AvgIpc) is 3.25. The van der Waals surface area contributed by atoms with E-state index in [1.54, 1.807) is 0 Å². The van der Waals surface area contributed by atoms with Crippen LogP contribution >= 0.6 is 11.6 Å². The normalized spacial score (nSPS) is 30.8. The van der Waals surface area contributed by atoms with Gasteiger partial charge >= 0.3 is 0 Å². The maximum absolute atomic E-state index is 15.6. The summed E-state index contributed by atoms with van der Waals surface area (Å²) in [6, 6.07) is 14.4. The lowest BCUT2D eigenvalue weighted by molar-refractivity contribution is -0.640. The summed E-state index contributed by atoms with van der Waals surface area (Å²) in [6.07, 6.45) is 8.87. The van der Waals surface area contributed by atoms with E-state index >= 15 is 4.39 Å². The van der Waals surface area contributed by atoms with Crippen LogP contribution in [-0.4, -0.2) is 49.7 Å². The van der Waals surface area contributed by atoms with Crippen molar-refractivity contribution in [1.82, 2.24) is 4.90 Å². The van der Waals surface area contributed by atoms with E-state index in [2.05, 4.69) is 40.5 Å². The molecular weight excluding hydrogens is 487 g/mol. The second kappa shape index (κ2) is 10.7. The van der Waals surface area contributed by atoms with Crippen LogP contribution < -0.4 is 5.32 Å². The van der Waals surface area contributed by atoms with Gasteiger partial charge in [-0.1, -0.05) is 61.2 Å². The SMILES string of the molecule is O=C([C@@H]1C[NH2+]C[C@]12COCCc1cc(Cl)cc(F)c12)N1CC[C@@H](c2ccccc2)C[C@H]1C1CCCCC1. The highest BCUT2D eigenvalue weighted by Crippen LogP contribution is 2.44. The molecule has 198 valence electrons. The van der Waals surface area contributed by atoms with E-state index in [1.807, 2.05) is 6.07 Å². The molecule has 1 aliphatic carbocycles. The van der Waals surface area contributed by atoms with Crippen molar-refractivity contribution in [3.8, 4) is 0 Å². The van der Waals surface area contributed by atoms with Crippen LogP contribution in [0.3, 0.4) is 0 Å². The molecular formula is C31H39ClFN2O2+. The number of benzene rings is 2. The Kier molecular flexibility index (Phi) is 7.30. The van der Waals surface area contributed by atoms with Crippen LogP contribution in [-0.2, 0) is 21.4 Å². The van der Waals surface area contributed by atoms with Gasteiger partial charge in [0.2, 0.25) is 5.91 Å². The average molecular weight is 526 g/mol. The Labute approximate surface area is 224 Å². The number of carbonyl (C=O) groups excluding carboxylic acids is 1. The number of amides is 1. The Morgan fingerprint density at radius 1 is 1.11 bits per heavy atom. The third kappa shape index (κ3) is 4.72. The Hall–Kier alpha value is -1.95. The minimum absolute atomic E-state index is 0.210. The first-order valence-electron chi connectivity index (χ1n) is 14.3. The van der Waals surface area contributed by atoms with E-state index in [1.165, 1.54) is 43.7 Å². The van der Waals surface area contributed by atoms with Crippen molar-refractivity contribution in [1.29, 1.82) is 0 Å². The zero-order chi connectivity index (χ0) is 25.4. The molecule has 1 spiro atoms. The van der Waals surface area contributed by atoms with Gasteiger partial charge in [0.15, 0.2) is 0 Å². The molecule has 3 aliphatic heterocycles. The fourth-order valence-corrected chi connectivity index (χ4v) is 8.23. The lowest BCUT2D eigenvalue weighted by Crippen LogP contribution is -2.82. The van der Waals surface area contributed by atoms with Crippen molar-refractivity contribution >= 4 is 17.5 Å². The van der Waals surface area contributed by atoms with Gasteiger partial charge < -0.3 is 15.0 Å². The molecule has 6 rings (SSSR count). The smallest absolute Gasteiger partial charge is 0.232 e. The number of hydrogen-bond donors (Lipinski definition) is 1. The van der Waals surface area contributed by atoms with E-state index in [0.29, 0.717) is 55.1 Å². The topological polar surface area (TPSA) is 46.1 Å². The van der Waals surface area contributed by atoms with E-state index < -0.39 is 5.41 Å². The van der Waals surface area contributed by atoms with E-state index in [-0.39, 0.29) is 23.7 Å². The summed E-state index contributed by atoms with van der Waals surface area (Å²) in [5.41, 5.74) is 2.33. The molecule has 2 saturated heterocycles. The summed E-state index contributed by atoms with van der Waals surface area (Å²) in [6.45, 7) is 3.05. The van der Waals surface area contributed by atoms with Gasteiger partial charge in [0.1, 0.15) is 11.7 Å². The molecule has 4 nitrogen and oxygen atoms in total. The Balaban J connectivity index is 1.33. The largest absolute Gasteiger partial charge is 0.380 e. The van der Waals surface area contributed by atoms with Crippen LogP contribution in [0.15, 0.2) is 42.5 Å². The molecule has 1 amide bonds. The number of nitrogens with two attached hydrogens (primary N) is 1. The first-order valence-corrected chi connectivity index (χ1v) is 14.7. The maximum Gasteiger partial charge on any atom is 0.232 e. The number of halogens is 2. The van der Waals surface area contributed by atoms with Gasteiger partial charge in [-0.25, -0.2) is 4.39 Å². The molecule has 2 aromatic rings. The number of fused-ring (bicyclic) bond motifs is 2. The standard InChI is InChI=1S/C31H38ClFN2O2/c32-25-15-24-12-14-37-20-31(29(24)27(33)17-25)19-34-18-26(31)30(36)35-13-11-23(21-7-3-1-4-8-21)16-28(35)22-9-5-2-6-10-22/h1,3-4,7-8,15,17,22-23,26,28,34H,2,5-6,9-14,16,18-20H2/p+1/t23-,26+,28+,31+/m1/s1. The maximum atomic E-state index is 15.6. The summed E-state index contributed by atoms with van der Waals surface area (Å²) < 4.78 is 21.7. The van der Waals surface area contributed by atoms with Crippen LogP contribution in [0.25, 0.3) is 0 Å². The number of quaternary nitrogens is 1. The minimum atomic E-state index is -0.648. The molecule has 4 atom stereocenters. The summed E-state index contributed by atoms with van der Waals surface area (Å²) in [5, 5.41) is 2.61. The summed E-state index contributed by atoms with van der Waals surface area (Å²) in [4.78, 5) is 16.8. The molecule has 4 aliphatic rings. The monoisotopic (exact) mass is 525 g/mol. The second-order valence-corrected chi connectivity index (χ2v) is 12.2. The minimum Gasteiger partial charge on any atom is -0.380 e. The highest BCUT2D eigenvalue weighted by Gasteiger charge is 2.56. The number of piperidine rings is 1. The highest BCUT2D eigenvalue weighted by atomic mass is 35.5. The van der Waals surface area contributed by atoms with Crippen LogP contribution in [0.5, 0.6) is 0 Å². The molecule has 6 heteroatoms. The molecule has 2 aromatic carbocycles. The molecule has 3 fully saturated rings. The van der Waals surface area contributed by atoms with Gasteiger partial charge in [-0.05, 0) is 67.2 Å². The third-order valence-electron chi connectivity index (χ3n) is 9.78. The highest BCUT2D eigenvalue weighted by molar-refractivity contribution is 6.30. The van der Waals surface area contributed by atoms with Crippen molar-refractivity contribution in [2.75, 3.05) is 32.8 Å². The van der Waals surface area contributed by atoms with Crippen molar-refractivity contribution in [2.24, 2.45) is 11.8 Å². The Bertz CT molecular complexity index is 1120. The number of rotatable bonds is 3. The van der Waals surface area contributed by atoms with E-state index in [0.717, 1.165) is 24.9 Å². The molecule has 0 aromatic heterocycles. The lowest BCUT2D eigenvalue weighted by atomic mass is 9.69. The van der Waals surface area contributed by atoms with Crippen LogP contribution in [0.2, 0.25) is 5.02 Å². The Morgan fingerprint density at radius 2 is 1.92 bits per heavy atom. The van der Waals surface area contributed by atoms with Gasteiger partial charge in [0.25, 0.3) is 0 Å². The van der Waals surface area contributed by atoms with E-state index in [4.69, 9.17) is 16.3 Å². The predicted octanol–water partition coefficient (Wildman–Crippen LogP) is 4.84. The van der Waals surface area contributed by atoms with Crippen LogP contribution in [0.4, 0.5) is 4.39 Å². The number of likely N-dealkylation sites (tertiary alicyclic amines) is 1. The van der Waals surface area contributed by atoms with Crippen LogP contribution in [0.1, 0.15) is 67.6 Å². The first kappa shape index (κ1) is 25.3. The van der Waals surface area contributed by atoms with Gasteiger partial charge in [0, 0.05) is 23.2 Å². The summed E-state index contributed by atoms with van der Waals surface area (Å²) in [5.74, 6) is 0.676. The second-order valence-electron chi connectivity index (χ2n) is 11.8. The van der Waals surface area contributed by atoms with Crippen molar-refractivity contribution in [3.05, 3.63) is 70.0 Å². The number of hydrogen-bond acceptors (Lipinski definition) is 2. The van der Waals surface area contributed by atoms with Gasteiger partial charge in [-0.2, -0.15) is 0 Å². The summed E-state index contributed by atoms with van der Waals surface area (Å²) in [7, 11) is 0. The molecule has 3 heterocycles. The summed E-state index contributed by atoms with van der Waals surface area (Å²) >= 11 is 6.26. The quantitative estimate of drug-likeness (QED) is 0.623. The molecule has 0 bridgehead atoms. The van der Waals surface area contributed by atoms with Crippen molar-refractivity contribution < 1.29 is 19.2 Å². The molecule has 37 heavy (non-hydrogen) atoms. The third-order valence-corrected chi connectivity index (χ3v) is 10.00. The van der Waals surface area contributed by atoms with Crippen molar-refractivity contribution in [2.45, 2.75) is 68.7 Å². The van der Waals surface area contributed by atoms with Crippen LogP contribution in [0, 0.1) is 17.7 Å². The van der Waals surface area contributed by atoms with Gasteiger partial charge in [-0.3, -0.25) is 4.79 Å². The fraction of sp³-hybridized carbons (Fsp3) is 0.581. The Morgan fingerprint density at radius 3 is 2.73 bits per heavy atom. The van der Waals surface area contributed by atoms with E-state index in [9.17, 15) is 4.79 Å². The van der Waals surface area contributed by atoms with Gasteiger partial charge in [-0.15, -0.1) is 0 Å². The molecule has 0 unspecified atom stereocenters. The fourth-order valence-electron chi connectivity index (χ4n) is 8.00. The van der Waals surface area contributed by atoms with Gasteiger partial charge in [0.05, 0.1) is 31.7 Å². The van der Waals surface area contributed by atoms with Crippen molar-refractivity contribution in [3.63, 3.8) is 0 Å². The lowest BCUT2D eigenvalue weighted by Gasteiger charge is -2.46. The number of carbonyl (C=O) groups is 1. The molecule has 2 N–H and O–H groups in total. The molecule has 1 saturated carbocycles. The molecule has 0 radical (unpaired) electrons. The zero-order valence-corrected chi connectivity index (χ0v) is 22.4. The number of ether oxygens (including phenoxy) is 1. The predicted molar refractivity (Wildman–Crippen MR) is 143 cm³/mol.